The van der Waals surface area contributed by atoms with Gasteiger partial charge in [-0.2, -0.15) is 5.26 Å². The van der Waals surface area contributed by atoms with Crippen LogP contribution in [0.15, 0.2) is 46.2 Å². The van der Waals surface area contributed by atoms with Crippen LogP contribution in [0.25, 0.3) is 10.9 Å². The highest BCUT2D eigenvalue weighted by Gasteiger charge is 2.30. The minimum atomic E-state index is -4.06. The van der Waals surface area contributed by atoms with E-state index in [4.69, 9.17) is 23.2 Å². The molecule has 3 aromatic rings. The van der Waals surface area contributed by atoms with Crippen molar-refractivity contribution in [2.75, 3.05) is 0 Å². The number of halogens is 2. The molecule has 0 aliphatic rings. The van der Waals surface area contributed by atoms with Gasteiger partial charge in [0.2, 0.25) is 9.84 Å². The molecule has 0 bridgehead atoms. The molecular weight excluding hydrogens is 411 g/mol. The molecule has 2 aromatic carbocycles. The van der Waals surface area contributed by atoms with Crippen molar-refractivity contribution >= 4 is 49.9 Å². The quantitative estimate of drug-likeness (QED) is 0.683. The van der Waals surface area contributed by atoms with Crippen LogP contribution >= 0.6 is 23.2 Å². The highest BCUT2D eigenvalue weighted by molar-refractivity contribution is 7.91. The van der Waals surface area contributed by atoms with Gasteiger partial charge in [-0.3, -0.25) is 4.79 Å². The number of nitriles is 1. The van der Waals surface area contributed by atoms with E-state index >= 15 is 0 Å². The number of hydrogen-bond donors (Lipinski definition) is 1. The molecule has 1 aromatic heterocycles. The average molecular weight is 423 g/mol. The molecule has 0 saturated heterocycles. The van der Waals surface area contributed by atoms with Crippen LogP contribution in [0.2, 0.25) is 10.0 Å². The predicted octanol–water partition coefficient (Wildman–Crippen LogP) is 4.05. The van der Waals surface area contributed by atoms with E-state index in [9.17, 15) is 23.6 Å². The summed E-state index contributed by atoms with van der Waals surface area (Å²) in [5.74, 6) is -1.14. The molecule has 0 radical (unpaired) electrons. The van der Waals surface area contributed by atoms with Gasteiger partial charge in [0, 0.05) is 16.1 Å². The molecule has 0 spiro atoms. The van der Waals surface area contributed by atoms with E-state index in [1.165, 1.54) is 47.9 Å². The van der Waals surface area contributed by atoms with E-state index in [2.05, 4.69) is 0 Å². The molecule has 0 amide bonds. The zero-order valence-corrected chi connectivity index (χ0v) is 16.2. The number of carboxylic acids is 1. The number of rotatable bonds is 4. The molecule has 0 atom stereocenters. The maximum absolute atomic E-state index is 13.3. The Morgan fingerprint density at radius 3 is 2.37 bits per heavy atom. The van der Waals surface area contributed by atoms with E-state index in [1.807, 2.05) is 6.07 Å². The standard InChI is InChI=1S/C18H12Cl2N2O4S/c1-10-18(27(25,26)12-4-2-11(19)3-5-12)17-13(8-21)14(20)6-7-15(17)22(10)9-16(23)24/h2-7H,9H2,1H3,(H,23,24). The van der Waals surface area contributed by atoms with Crippen LogP contribution in [-0.4, -0.2) is 24.1 Å². The summed E-state index contributed by atoms with van der Waals surface area (Å²) in [6, 6.07) is 10.5. The summed E-state index contributed by atoms with van der Waals surface area (Å²) in [7, 11) is -4.06. The lowest BCUT2D eigenvalue weighted by Gasteiger charge is -2.07. The Morgan fingerprint density at radius 1 is 1.19 bits per heavy atom. The molecule has 3 rings (SSSR count). The maximum Gasteiger partial charge on any atom is 0.323 e. The van der Waals surface area contributed by atoms with Crippen molar-refractivity contribution in [2.45, 2.75) is 23.3 Å². The molecule has 9 heteroatoms. The molecular formula is C18H12Cl2N2O4S. The summed E-state index contributed by atoms with van der Waals surface area (Å²) in [6.07, 6.45) is 0. The van der Waals surface area contributed by atoms with Crippen molar-refractivity contribution < 1.29 is 18.3 Å². The van der Waals surface area contributed by atoms with Crippen LogP contribution in [0.1, 0.15) is 11.3 Å². The molecule has 0 aliphatic heterocycles. The Balaban J connectivity index is 2.47. The second-order valence-corrected chi connectivity index (χ2v) is 8.51. The number of nitrogens with zero attached hydrogens (tertiary/aromatic N) is 2. The van der Waals surface area contributed by atoms with Crippen molar-refractivity contribution in [1.82, 2.24) is 4.57 Å². The van der Waals surface area contributed by atoms with Crippen LogP contribution < -0.4 is 0 Å². The maximum atomic E-state index is 13.3. The number of aromatic nitrogens is 1. The van der Waals surface area contributed by atoms with Crippen molar-refractivity contribution in [1.29, 1.82) is 5.26 Å². The lowest BCUT2D eigenvalue weighted by Crippen LogP contribution is -2.11. The van der Waals surface area contributed by atoms with Crippen molar-refractivity contribution in [3.05, 3.63) is 57.7 Å². The summed E-state index contributed by atoms with van der Waals surface area (Å²) in [5, 5.41) is 19.3. The first-order chi connectivity index (χ1) is 12.7. The molecule has 0 fully saturated rings. The molecule has 0 saturated carbocycles. The molecule has 138 valence electrons. The molecule has 1 heterocycles. The van der Waals surface area contributed by atoms with Crippen LogP contribution in [0.4, 0.5) is 0 Å². The lowest BCUT2D eigenvalue weighted by molar-refractivity contribution is -0.137. The fraction of sp³-hybridized carbons (Fsp3) is 0.111. The van der Waals surface area contributed by atoms with E-state index in [-0.39, 0.29) is 31.5 Å². The summed E-state index contributed by atoms with van der Waals surface area (Å²) in [4.78, 5) is 11.1. The Bertz CT molecular complexity index is 1220. The molecule has 1 N–H and O–H groups in total. The zero-order valence-electron chi connectivity index (χ0n) is 13.9. The van der Waals surface area contributed by atoms with E-state index in [0.29, 0.717) is 10.5 Å². The summed E-state index contributed by atoms with van der Waals surface area (Å²) in [5.41, 5.74) is 0.499. The Morgan fingerprint density at radius 2 is 1.81 bits per heavy atom. The molecule has 6 nitrogen and oxygen atoms in total. The third-order valence-corrected chi connectivity index (χ3v) is 6.68. The van der Waals surface area contributed by atoms with Crippen molar-refractivity contribution in [2.24, 2.45) is 0 Å². The van der Waals surface area contributed by atoms with Crippen LogP contribution in [0, 0.1) is 18.3 Å². The highest BCUT2D eigenvalue weighted by atomic mass is 35.5. The van der Waals surface area contributed by atoms with Gasteiger partial charge in [0.25, 0.3) is 0 Å². The third kappa shape index (κ3) is 3.16. The predicted molar refractivity (Wildman–Crippen MR) is 101 cm³/mol. The van der Waals surface area contributed by atoms with E-state index < -0.39 is 22.4 Å². The number of hydrogen-bond acceptors (Lipinski definition) is 4. The highest BCUT2D eigenvalue weighted by Crippen LogP contribution is 2.38. The van der Waals surface area contributed by atoms with Crippen LogP contribution in [-0.2, 0) is 21.2 Å². The number of benzene rings is 2. The zero-order chi connectivity index (χ0) is 19.9. The van der Waals surface area contributed by atoms with Gasteiger partial charge >= 0.3 is 5.97 Å². The average Bonchev–Trinajstić information content (AvgIpc) is 2.87. The molecule has 27 heavy (non-hydrogen) atoms. The van der Waals surface area contributed by atoms with Gasteiger partial charge in [0.1, 0.15) is 17.5 Å². The van der Waals surface area contributed by atoms with Gasteiger partial charge in [0.15, 0.2) is 0 Å². The van der Waals surface area contributed by atoms with Crippen LogP contribution in [0.3, 0.4) is 0 Å². The number of fused-ring (bicyclic) bond motifs is 1. The second kappa shape index (κ2) is 6.89. The SMILES string of the molecule is Cc1c(S(=O)(=O)c2ccc(Cl)cc2)c2c(C#N)c(Cl)ccc2n1CC(=O)O. The van der Waals surface area contributed by atoms with Gasteiger partial charge in [-0.1, -0.05) is 23.2 Å². The fourth-order valence-electron chi connectivity index (χ4n) is 3.01. The second-order valence-electron chi connectivity index (χ2n) is 5.78. The number of sulfone groups is 1. The van der Waals surface area contributed by atoms with Crippen LogP contribution in [0.5, 0.6) is 0 Å². The topological polar surface area (TPSA) is 100 Å². The Labute approximate surface area is 165 Å². The summed E-state index contributed by atoms with van der Waals surface area (Å²) >= 11 is 11.9. The first-order valence-corrected chi connectivity index (χ1v) is 9.86. The first kappa shape index (κ1) is 19.2. The molecule has 0 unspecified atom stereocenters. The minimum Gasteiger partial charge on any atom is -0.480 e. The van der Waals surface area contributed by atoms with E-state index in [1.54, 1.807) is 0 Å². The largest absolute Gasteiger partial charge is 0.480 e. The Kier molecular flexibility index (Phi) is 4.91. The van der Waals surface area contributed by atoms with Crippen molar-refractivity contribution in [3.8, 4) is 6.07 Å². The Hall–Kier alpha value is -2.53. The van der Waals surface area contributed by atoms with E-state index in [0.717, 1.165) is 0 Å². The van der Waals surface area contributed by atoms with Gasteiger partial charge in [-0.25, -0.2) is 8.42 Å². The lowest BCUT2D eigenvalue weighted by atomic mass is 10.1. The minimum absolute atomic E-state index is 0.0195. The summed E-state index contributed by atoms with van der Waals surface area (Å²) < 4.78 is 27.9. The van der Waals surface area contributed by atoms with Gasteiger partial charge in [-0.15, -0.1) is 0 Å². The van der Waals surface area contributed by atoms with Gasteiger partial charge in [-0.05, 0) is 43.3 Å². The van der Waals surface area contributed by atoms with Crippen molar-refractivity contribution in [3.63, 3.8) is 0 Å². The number of aliphatic carboxylic acids is 1. The number of carboxylic acid groups (broad SMARTS) is 1. The summed E-state index contributed by atoms with van der Waals surface area (Å²) in [6.45, 7) is 1.05. The smallest absolute Gasteiger partial charge is 0.323 e. The van der Waals surface area contributed by atoms with Gasteiger partial charge in [0.05, 0.1) is 21.0 Å². The normalized spacial score (nSPS) is 11.5. The monoisotopic (exact) mass is 422 g/mol. The van der Waals surface area contributed by atoms with Gasteiger partial charge < -0.3 is 9.67 Å². The first-order valence-electron chi connectivity index (χ1n) is 7.62. The number of carbonyl (C=O) groups is 1. The molecule has 0 aliphatic carbocycles. The fourth-order valence-corrected chi connectivity index (χ4v) is 5.04. The third-order valence-electron chi connectivity index (χ3n) is 4.18.